The third kappa shape index (κ3) is 8.92. The molecule has 2 aromatic carbocycles. The van der Waals surface area contributed by atoms with Crippen molar-refractivity contribution in [3.8, 4) is 0 Å². The van der Waals surface area contributed by atoms with E-state index in [0.717, 1.165) is 5.56 Å². The molecule has 44 heavy (non-hydrogen) atoms. The zero-order chi connectivity index (χ0) is 33.6. The number of carbonyl (C=O) groups excluding carboxylic acids is 3. The van der Waals surface area contributed by atoms with Gasteiger partial charge in [-0.2, -0.15) is 0 Å². The van der Waals surface area contributed by atoms with Gasteiger partial charge in [0, 0.05) is 23.7 Å². The molecule has 0 aromatic heterocycles. The third-order valence-electron chi connectivity index (χ3n) is 7.86. The van der Waals surface area contributed by atoms with Crippen molar-refractivity contribution in [2.24, 2.45) is 11.3 Å². The van der Waals surface area contributed by atoms with Crippen molar-refractivity contribution >= 4 is 33.4 Å². The highest BCUT2D eigenvalue weighted by Gasteiger charge is 2.41. The quantitative estimate of drug-likeness (QED) is 0.207. The molecule has 0 aliphatic rings. The molecule has 2 rings (SSSR count). The minimum atomic E-state index is -4.13. The van der Waals surface area contributed by atoms with Crippen LogP contribution in [0.25, 0.3) is 0 Å². The number of benzene rings is 2. The van der Waals surface area contributed by atoms with Crippen LogP contribution in [0.1, 0.15) is 61.0 Å². The Kier molecular flexibility index (Phi) is 11.9. The van der Waals surface area contributed by atoms with E-state index in [4.69, 9.17) is 5.73 Å². The van der Waals surface area contributed by atoms with Crippen molar-refractivity contribution in [2.45, 2.75) is 83.8 Å². The average molecular weight is 628 g/mol. The van der Waals surface area contributed by atoms with Crippen LogP contribution in [0.3, 0.4) is 0 Å². The Hall–Kier alpha value is -3.70. The molecule has 2 aromatic rings. The van der Waals surface area contributed by atoms with Crippen LogP contribution in [0.4, 0.5) is 5.69 Å². The van der Waals surface area contributed by atoms with Crippen LogP contribution in [0.15, 0.2) is 71.1 Å². The lowest BCUT2D eigenvalue weighted by Gasteiger charge is -2.40. The van der Waals surface area contributed by atoms with Crippen LogP contribution in [-0.4, -0.2) is 63.3 Å². The number of carbonyl (C=O) groups is 3. The fourth-order valence-corrected chi connectivity index (χ4v) is 6.09. The largest absolute Gasteiger partial charge is 0.399 e. The van der Waals surface area contributed by atoms with Gasteiger partial charge in [-0.15, -0.1) is 0 Å². The minimum absolute atomic E-state index is 0.0976. The van der Waals surface area contributed by atoms with Crippen molar-refractivity contribution in [1.82, 2.24) is 20.3 Å². The molecule has 0 fully saturated rings. The van der Waals surface area contributed by atoms with E-state index in [1.165, 1.54) is 36.1 Å². The first-order valence-corrected chi connectivity index (χ1v) is 16.1. The summed E-state index contributed by atoms with van der Waals surface area (Å²) in [6.07, 6.45) is 1.58. The van der Waals surface area contributed by atoms with Crippen LogP contribution in [0, 0.1) is 11.3 Å². The summed E-state index contributed by atoms with van der Waals surface area (Å²) >= 11 is 0. The van der Waals surface area contributed by atoms with Gasteiger partial charge in [0.15, 0.2) is 0 Å². The predicted octanol–water partition coefficient (Wildman–Crippen LogP) is 3.60. The topological polar surface area (TPSA) is 151 Å². The average Bonchev–Trinajstić information content (AvgIpc) is 2.93. The van der Waals surface area contributed by atoms with Gasteiger partial charge in [0.1, 0.15) is 6.04 Å². The standard InChI is InChI=1S/C33H49N5O5S/c1-21(2)26(20-22(3)29(39)37-44(42,43)25-18-16-24(34)17-19-25)38(10)31(41)28(32(4,5)6)36-30(40)27(35-9)33(7,8)23-14-12-11-13-15-23/h11-21,26-28,35H,34H2,1-10H3,(H,36,40)(H,37,39)/b22-20+. The summed E-state index contributed by atoms with van der Waals surface area (Å²) < 4.78 is 27.6. The zero-order valence-electron chi connectivity index (χ0n) is 27.6. The molecule has 3 amide bonds. The highest BCUT2D eigenvalue weighted by Crippen LogP contribution is 2.29. The molecule has 11 heteroatoms. The second kappa shape index (κ2) is 14.4. The molecule has 0 saturated carbocycles. The summed E-state index contributed by atoms with van der Waals surface area (Å²) in [6.45, 7) is 14.9. The van der Waals surface area contributed by atoms with Crippen LogP contribution < -0.4 is 21.1 Å². The number of nitrogens with zero attached hydrogens (tertiary/aromatic N) is 1. The fourth-order valence-electron chi connectivity index (χ4n) is 5.07. The van der Waals surface area contributed by atoms with Gasteiger partial charge in [0.25, 0.3) is 15.9 Å². The van der Waals surface area contributed by atoms with E-state index in [0.29, 0.717) is 5.69 Å². The van der Waals surface area contributed by atoms with Crippen molar-refractivity contribution in [1.29, 1.82) is 0 Å². The number of rotatable bonds is 12. The number of anilines is 1. The Morgan fingerprint density at radius 3 is 1.93 bits per heavy atom. The Labute approximate surface area is 262 Å². The number of nitrogens with two attached hydrogens (primary N) is 1. The number of nitrogens with one attached hydrogen (secondary N) is 3. The fraction of sp³-hybridized carbons (Fsp3) is 0.485. The van der Waals surface area contributed by atoms with E-state index >= 15 is 0 Å². The zero-order valence-corrected chi connectivity index (χ0v) is 28.4. The van der Waals surface area contributed by atoms with E-state index in [2.05, 4.69) is 15.4 Å². The molecular weight excluding hydrogens is 578 g/mol. The van der Waals surface area contributed by atoms with E-state index in [1.54, 1.807) is 20.2 Å². The lowest BCUT2D eigenvalue weighted by Crippen LogP contribution is -2.61. The summed E-state index contributed by atoms with van der Waals surface area (Å²) in [7, 11) is -0.796. The molecule has 5 N–H and O–H groups in total. The van der Waals surface area contributed by atoms with Crippen molar-refractivity contribution in [3.05, 3.63) is 71.8 Å². The number of hydrogen-bond donors (Lipinski definition) is 4. The Bertz CT molecular complexity index is 1450. The van der Waals surface area contributed by atoms with Crippen molar-refractivity contribution in [2.75, 3.05) is 19.8 Å². The lowest BCUT2D eigenvalue weighted by atomic mass is 9.76. The summed E-state index contributed by atoms with van der Waals surface area (Å²) in [5.41, 5.74) is 5.90. The van der Waals surface area contributed by atoms with Crippen LogP contribution in [0.5, 0.6) is 0 Å². The third-order valence-corrected chi connectivity index (χ3v) is 9.21. The summed E-state index contributed by atoms with van der Waals surface area (Å²) in [5.74, 6) is -1.60. The van der Waals surface area contributed by atoms with Crippen LogP contribution in [-0.2, 0) is 29.8 Å². The lowest BCUT2D eigenvalue weighted by molar-refractivity contribution is -0.140. The minimum Gasteiger partial charge on any atom is -0.399 e. The predicted molar refractivity (Wildman–Crippen MR) is 175 cm³/mol. The van der Waals surface area contributed by atoms with E-state index in [1.807, 2.05) is 78.8 Å². The maximum Gasteiger partial charge on any atom is 0.264 e. The molecular formula is C33H49N5O5S. The molecule has 0 heterocycles. The Morgan fingerprint density at radius 2 is 1.45 bits per heavy atom. The van der Waals surface area contributed by atoms with Crippen LogP contribution >= 0.6 is 0 Å². The molecule has 3 unspecified atom stereocenters. The van der Waals surface area contributed by atoms with Gasteiger partial charge in [0.2, 0.25) is 11.8 Å². The van der Waals surface area contributed by atoms with E-state index < -0.39 is 44.9 Å². The molecule has 242 valence electrons. The molecule has 0 spiro atoms. The summed E-state index contributed by atoms with van der Waals surface area (Å²) in [4.78, 5) is 42.2. The molecule has 10 nitrogen and oxygen atoms in total. The highest BCUT2D eigenvalue weighted by atomic mass is 32.2. The van der Waals surface area contributed by atoms with Crippen molar-refractivity contribution in [3.63, 3.8) is 0 Å². The summed E-state index contributed by atoms with van der Waals surface area (Å²) in [5, 5.41) is 6.14. The van der Waals surface area contributed by atoms with Gasteiger partial charge in [-0.25, -0.2) is 13.1 Å². The number of nitrogen functional groups attached to an aromatic ring is 1. The van der Waals surface area contributed by atoms with Gasteiger partial charge in [0.05, 0.1) is 17.0 Å². The Balaban J connectivity index is 2.33. The molecule has 0 saturated heterocycles. The number of hydrogen-bond acceptors (Lipinski definition) is 7. The molecule has 3 atom stereocenters. The molecule has 0 aliphatic heterocycles. The smallest absolute Gasteiger partial charge is 0.264 e. The maximum atomic E-state index is 14.0. The van der Waals surface area contributed by atoms with Gasteiger partial charge in [-0.3, -0.25) is 14.4 Å². The second-order valence-corrected chi connectivity index (χ2v) is 14.8. The number of amides is 3. The van der Waals surface area contributed by atoms with Crippen molar-refractivity contribution < 1.29 is 22.8 Å². The van der Waals surface area contributed by atoms with Gasteiger partial charge in [-0.05, 0) is 55.1 Å². The monoisotopic (exact) mass is 627 g/mol. The SMILES string of the molecule is CNC(C(=O)NC(C(=O)N(C)C(/C=C(\C)C(=O)NS(=O)(=O)c1ccc(N)cc1)C(C)C)C(C)(C)C)C(C)(C)c1ccccc1. The Morgan fingerprint density at radius 1 is 0.909 bits per heavy atom. The number of likely N-dealkylation sites (N-methyl/N-ethyl adjacent to an activating group) is 2. The van der Waals surface area contributed by atoms with E-state index in [9.17, 15) is 22.8 Å². The first-order valence-electron chi connectivity index (χ1n) is 14.6. The van der Waals surface area contributed by atoms with Gasteiger partial charge in [-0.1, -0.05) is 84.9 Å². The van der Waals surface area contributed by atoms with Gasteiger partial charge >= 0.3 is 0 Å². The van der Waals surface area contributed by atoms with Crippen LogP contribution in [0.2, 0.25) is 0 Å². The number of sulfonamides is 1. The second-order valence-electron chi connectivity index (χ2n) is 13.2. The van der Waals surface area contributed by atoms with Gasteiger partial charge < -0.3 is 21.3 Å². The highest BCUT2D eigenvalue weighted by molar-refractivity contribution is 7.90. The van der Waals surface area contributed by atoms with E-state index in [-0.39, 0.29) is 28.2 Å². The molecule has 0 aliphatic carbocycles. The molecule has 0 radical (unpaired) electrons. The molecule has 0 bridgehead atoms. The summed E-state index contributed by atoms with van der Waals surface area (Å²) in [6, 6.07) is 13.1. The normalized spacial score (nSPS) is 14.8. The first kappa shape index (κ1) is 36.5. The maximum absolute atomic E-state index is 14.0. The first-order chi connectivity index (χ1) is 20.2.